The number of benzene rings is 2. The molecule has 1 aromatic heterocycles. The molecular weight excluding hydrogens is 366 g/mol. The predicted molar refractivity (Wildman–Crippen MR) is 102 cm³/mol. The van der Waals surface area contributed by atoms with Crippen LogP contribution >= 0.6 is 11.8 Å². The third-order valence-corrected chi connectivity index (χ3v) is 4.51. The summed E-state index contributed by atoms with van der Waals surface area (Å²) in [7, 11) is 3.13. The second-order valence-corrected chi connectivity index (χ2v) is 6.42. The summed E-state index contributed by atoms with van der Waals surface area (Å²) in [6.45, 7) is 0.487. The first-order valence-corrected chi connectivity index (χ1v) is 9.17. The van der Waals surface area contributed by atoms with Gasteiger partial charge >= 0.3 is 0 Å². The quantitative estimate of drug-likeness (QED) is 0.596. The van der Waals surface area contributed by atoms with Gasteiger partial charge in [0.2, 0.25) is 11.8 Å². The minimum Gasteiger partial charge on any atom is -0.493 e. The van der Waals surface area contributed by atoms with Crippen molar-refractivity contribution in [2.45, 2.75) is 11.8 Å². The molecule has 0 aliphatic heterocycles. The zero-order valence-electron chi connectivity index (χ0n) is 15.0. The Bertz CT molecular complexity index is 899. The first kappa shape index (κ1) is 18.8. The van der Waals surface area contributed by atoms with Gasteiger partial charge in [-0.25, -0.2) is 0 Å². The minimum atomic E-state index is -0.102. The van der Waals surface area contributed by atoms with Crippen LogP contribution in [0.5, 0.6) is 11.5 Å². The molecule has 0 aliphatic carbocycles. The van der Waals surface area contributed by atoms with Gasteiger partial charge < -0.3 is 19.2 Å². The molecule has 7 nitrogen and oxygen atoms in total. The van der Waals surface area contributed by atoms with Crippen molar-refractivity contribution >= 4 is 17.7 Å². The molecule has 27 heavy (non-hydrogen) atoms. The lowest BCUT2D eigenvalue weighted by atomic mass is 10.2. The molecule has 140 valence electrons. The number of methoxy groups -OCH3 is 2. The molecule has 8 heteroatoms. The molecule has 0 saturated heterocycles. The van der Waals surface area contributed by atoms with Crippen molar-refractivity contribution in [1.29, 1.82) is 0 Å². The fraction of sp³-hybridized carbons (Fsp3) is 0.211. The van der Waals surface area contributed by atoms with E-state index in [2.05, 4.69) is 15.5 Å². The molecule has 1 N–H and O–H groups in total. The van der Waals surface area contributed by atoms with Crippen LogP contribution in [-0.4, -0.2) is 36.1 Å². The van der Waals surface area contributed by atoms with Crippen LogP contribution in [0, 0.1) is 0 Å². The summed E-state index contributed by atoms with van der Waals surface area (Å²) in [5.41, 5.74) is 1.75. The molecule has 1 heterocycles. The summed E-state index contributed by atoms with van der Waals surface area (Å²) in [5.74, 6) is 1.63. The van der Waals surface area contributed by atoms with Gasteiger partial charge in [-0.15, -0.1) is 10.2 Å². The molecular formula is C19H19N3O4S. The molecule has 1 amide bonds. The van der Waals surface area contributed by atoms with Crippen molar-refractivity contribution in [2.75, 3.05) is 20.0 Å². The van der Waals surface area contributed by atoms with E-state index in [1.807, 2.05) is 30.3 Å². The fourth-order valence-corrected chi connectivity index (χ4v) is 2.92. The number of nitrogens with one attached hydrogen (secondary N) is 1. The lowest BCUT2D eigenvalue weighted by Crippen LogP contribution is -2.24. The number of thioether (sulfide) groups is 1. The summed E-state index contributed by atoms with van der Waals surface area (Å²) in [4.78, 5) is 12.0. The summed E-state index contributed by atoms with van der Waals surface area (Å²) in [6.07, 6.45) is 0. The maximum atomic E-state index is 12.0. The Morgan fingerprint density at radius 3 is 2.59 bits per heavy atom. The third-order valence-electron chi connectivity index (χ3n) is 3.70. The number of hydrogen-bond acceptors (Lipinski definition) is 7. The zero-order chi connectivity index (χ0) is 19.1. The number of amides is 1. The van der Waals surface area contributed by atoms with Crippen LogP contribution in [0.4, 0.5) is 0 Å². The van der Waals surface area contributed by atoms with Crippen molar-refractivity contribution < 1.29 is 18.7 Å². The fourth-order valence-electron chi connectivity index (χ4n) is 2.33. The zero-order valence-corrected chi connectivity index (χ0v) is 15.8. The van der Waals surface area contributed by atoms with E-state index in [0.29, 0.717) is 34.7 Å². The normalized spacial score (nSPS) is 10.4. The molecule has 0 spiro atoms. The van der Waals surface area contributed by atoms with Crippen LogP contribution in [0.15, 0.2) is 58.2 Å². The van der Waals surface area contributed by atoms with Crippen molar-refractivity contribution in [3.8, 4) is 23.0 Å². The van der Waals surface area contributed by atoms with E-state index in [0.717, 1.165) is 5.56 Å². The highest BCUT2D eigenvalue weighted by Gasteiger charge is 2.13. The van der Waals surface area contributed by atoms with Gasteiger partial charge in [-0.1, -0.05) is 42.1 Å². The van der Waals surface area contributed by atoms with E-state index >= 15 is 0 Å². The maximum Gasteiger partial charge on any atom is 0.277 e. The van der Waals surface area contributed by atoms with Crippen LogP contribution in [-0.2, 0) is 11.3 Å². The molecule has 3 aromatic rings. The summed E-state index contributed by atoms with van der Waals surface area (Å²) >= 11 is 1.19. The van der Waals surface area contributed by atoms with E-state index < -0.39 is 0 Å². The highest BCUT2D eigenvalue weighted by atomic mass is 32.2. The smallest absolute Gasteiger partial charge is 0.277 e. The monoisotopic (exact) mass is 385 g/mol. The summed E-state index contributed by atoms with van der Waals surface area (Å²) in [5, 5.41) is 11.2. The molecule has 2 aromatic carbocycles. The highest BCUT2D eigenvalue weighted by molar-refractivity contribution is 7.99. The van der Waals surface area contributed by atoms with E-state index in [-0.39, 0.29) is 11.7 Å². The van der Waals surface area contributed by atoms with Gasteiger partial charge in [-0.2, -0.15) is 0 Å². The van der Waals surface area contributed by atoms with E-state index in [9.17, 15) is 4.79 Å². The second kappa shape index (κ2) is 9.09. The van der Waals surface area contributed by atoms with Crippen LogP contribution in [0.2, 0.25) is 0 Å². The van der Waals surface area contributed by atoms with Gasteiger partial charge in [0.1, 0.15) is 0 Å². The molecule has 0 unspecified atom stereocenters. The highest BCUT2D eigenvalue weighted by Crippen LogP contribution is 2.32. The average Bonchev–Trinajstić information content (AvgIpc) is 3.20. The molecule has 0 radical (unpaired) electrons. The summed E-state index contributed by atoms with van der Waals surface area (Å²) in [6, 6.07) is 15.1. The second-order valence-electron chi connectivity index (χ2n) is 5.49. The van der Waals surface area contributed by atoms with E-state index in [1.54, 1.807) is 32.4 Å². The van der Waals surface area contributed by atoms with Gasteiger partial charge in [0.05, 0.1) is 20.0 Å². The Hall–Kier alpha value is -3.00. The van der Waals surface area contributed by atoms with Crippen LogP contribution in [0.3, 0.4) is 0 Å². The molecule has 0 aliphatic rings. The number of carbonyl (C=O) groups excluding carboxylic acids is 1. The SMILES string of the molecule is COc1ccc(-c2nnc(SCC(=O)NCc3ccccc3)o2)cc1OC. The predicted octanol–water partition coefficient (Wildman–Crippen LogP) is 3.16. The van der Waals surface area contributed by atoms with Crippen molar-refractivity contribution in [3.05, 3.63) is 54.1 Å². The van der Waals surface area contributed by atoms with Crippen molar-refractivity contribution in [2.24, 2.45) is 0 Å². The maximum absolute atomic E-state index is 12.0. The minimum absolute atomic E-state index is 0.102. The standard InChI is InChI=1S/C19H19N3O4S/c1-24-15-9-8-14(10-16(15)25-2)18-21-22-19(26-18)27-12-17(23)20-11-13-6-4-3-5-7-13/h3-10H,11-12H2,1-2H3,(H,20,23). The lowest BCUT2D eigenvalue weighted by molar-refractivity contribution is -0.118. The van der Waals surface area contributed by atoms with Crippen molar-refractivity contribution in [3.63, 3.8) is 0 Å². The van der Waals surface area contributed by atoms with Gasteiger partial charge in [0.15, 0.2) is 11.5 Å². The van der Waals surface area contributed by atoms with Gasteiger partial charge in [0, 0.05) is 12.1 Å². The number of aromatic nitrogens is 2. The Labute approximate surface area is 161 Å². The first-order chi connectivity index (χ1) is 13.2. The summed E-state index contributed by atoms with van der Waals surface area (Å²) < 4.78 is 16.1. The molecule has 0 bridgehead atoms. The van der Waals surface area contributed by atoms with Gasteiger partial charge in [-0.3, -0.25) is 4.79 Å². The molecule has 0 atom stereocenters. The molecule has 0 fully saturated rings. The average molecular weight is 385 g/mol. The molecule has 0 saturated carbocycles. The Morgan fingerprint density at radius 1 is 1.07 bits per heavy atom. The van der Waals surface area contributed by atoms with Gasteiger partial charge in [-0.05, 0) is 23.8 Å². The van der Waals surface area contributed by atoms with Crippen LogP contribution in [0.1, 0.15) is 5.56 Å². The number of carbonyl (C=O) groups is 1. The number of nitrogens with zero attached hydrogens (tertiary/aromatic N) is 2. The number of hydrogen-bond donors (Lipinski definition) is 1. The number of ether oxygens (including phenoxy) is 2. The Balaban J connectivity index is 1.55. The van der Waals surface area contributed by atoms with E-state index in [1.165, 1.54) is 11.8 Å². The Morgan fingerprint density at radius 2 is 1.85 bits per heavy atom. The van der Waals surface area contributed by atoms with Crippen LogP contribution < -0.4 is 14.8 Å². The first-order valence-electron chi connectivity index (χ1n) is 8.19. The lowest BCUT2D eigenvalue weighted by Gasteiger charge is -2.07. The third kappa shape index (κ3) is 5.01. The Kier molecular flexibility index (Phi) is 6.32. The molecule has 3 rings (SSSR count). The topological polar surface area (TPSA) is 86.5 Å². The largest absolute Gasteiger partial charge is 0.493 e. The number of rotatable bonds is 8. The van der Waals surface area contributed by atoms with E-state index in [4.69, 9.17) is 13.9 Å². The van der Waals surface area contributed by atoms with Gasteiger partial charge in [0.25, 0.3) is 5.22 Å². The van der Waals surface area contributed by atoms with Crippen molar-refractivity contribution in [1.82, 2.24) is 15.5 Å². The van der Waals surface area contributed by atoms with Crippen LogP contribution in [0.25, 0.3) is 11.5 Å².